The number of hydrogen-bond acceptors (Lipinski definition) is 4. The lowest BCUT2D eigenvalue weighted by molar-refractivity contribution is 0.672. The van der Waals surface area contributed by atoms with Gasteiger partial charge in [0.2, 0.25) is 0 Å². The molecule has 0 fully saturated rings. The molecule has 0 spiro atoms. The third kappa shape index (κ3) is 2.83. The van der Waals surface area contributed by atoms with Gasteiger partial charge in [0.25, 0.3) is 0 Å². The second-order valence-electron chi connectivity index (χ2n) is 4.48. The number of hydrogen-bond donors (Lipinski definition) is 1. The first-order valence-corrected chi connectivity index (χ1v) is 7.19. The highest BCUT2D eigenvalue weighted by atomic mass is 32.1. The Morgan fingerprint density at radius 2 is 2.16 bits per heavy atom. The molecule has 0 amide bonds. The quantitative estimate of drug-likeness (QED) is 0.725. The van der Waals surface area contributed by atoms with Crippen molar-refractivity contribution >= 4 is 17.0 Å². The Morgan fingerprint density at radius 1 is 1.21 bits per heavy atom. The van der Waals surface area contributed by atoms with Crippen LogP contribution in [0.25, 0.3) is 5.65 Å². The molecule has 0 aliphatic heterocycles. The summed E-state index contributed by atoms with van der Waals surface area (Å²) in [5.74, 6) is 1.01. The van der Waals surface area contributed by atoms with Gasteiger partial charge in [-0.25, -0.2) is 0 Å². The molecule has 98 valence electrons. The molecule has 0 radical (unpaired) electrons. The van der Waals surface area contributed by atoms with Crippen molar-refractivity contribution in [1.82, 2.24) is 19.9 Å². The molecule has 3 aromatic rings. The van der Waals surface area contributed by atoms with Gasteiger partial charge in [-0.15, -0.1) is 21.5 Å². The molecule has 5 heteroatoms. The molecule has 19 heavy (non-hydrogen) atoms. The second-order valence-corrected chi connectivity index (χ2v) is 5.86. The van der Waals surface area contributed by atoms with Crippen molar-refractivity contribution in [3.05, 3.63) is 52.1 Å². The Hall–Kier alpha value is -1.72. The first kappa shape index (κ1) is 12.3. The highest BCUT2D eigenvalue weighted by Crippen LogP contribution is 2.14. The zero-order valence-corrected chi connectivity index (χ0v) is 11.7. The highest BCUT2D eigenvalue weighted by molar-refractivity contribution is 7.11. The molecule has 0 aliphatic rings. The summed E-state index contributed by atoms with van der Waals surface area (Å²) in [5.41, 5.74) is 0.909. The molecule has 3 aromatic heterocycles. The molecular weight excluding hydrogens is 256 g/mol. The lowest BCUT2D eigenvalue weighted by Gasteiger charge is -2.02. The Kier molecular flexibility index (Phi) is 3.57. The van der Waals surface area contributed by atoms with Crippen LogP contribution in [0.3, 0.4) is 0 Å². The second kappa shape index (κ2) is 5.50. The average molecular weight is 272 g/mol. The molecule has 0 aliphatic carbocycles. The smallest absolute Gasteiger partial charge is 0.160 e. The van der Waals surface area contributed by atoms with Crippen LogP contribution in [0.1, 0.15) is 15.6 Å². The number of aryl methyl sites for hydroxylation is 1. The van der Waals surface area contributed by atoms with Gasteiger partial charge in [0.15, 0.2) is 5.65 Å². The number of rotatable bonds is 5. The lowest BCUT2D eigenvalue weighted by atomic mass is 10.3. The van der Waals surface area contributed by atoms with Crippen LogP contribution in [-0.4, -0.2) is 21.1 Å². The zero-order chi connectivity index (χ0) is 13.1. The molecule has 0 saturated heterocycles. The summed E-state index contributed by atoms with van der Waals surface area (Å²) >= 11 is 1.84. The van der Waals surface area contributed by atoms with E-state index in [2.05, 4.69) is 34.6 Å². The molecule has 3 heterocycles. The maximum atomic E-state index is 4.22. The van der Waals surface area contributed by atoms with E-state index in [1.54, 1.807) is 0 Å². The van der Waals surface area contributed by atoms with Gasteiger partial charge in [-0.05, 0) is 31.2 Å². The minimum atomic E-state index is 0.884. The lowest BCUT2D eigenvalue weighted by Crippen LogP contribution is -2.17. The van der Waals surface area contributed by atoms with Gasteiger partial charge in [0.1, 0.15) is 5.82 Å². The summed E-state index contributed by atoms with van der Waals surface area (Å²) in [6.45, 7) is 3.97. The first-order chi connectivity index (χ1) is 9.33. The maximum absolute atomic E-state index is 4.22. The van der Waals surface area contributed by atoms with E-state index in [1.807, 2.05) is 40.1 Å². The van der Waals surface area contributed by atoms with Gasteiger partial charge in [-0.1, -0.05) is 6.07 Å². The standard InChI is InChI=1S/C14H16N4S/c1-11-5-6-12(19-11)10-15-8-7-14-17-16-13-4-2-3-9-18(13)14/h2-6,9,15H,7-8,10H2,1H3. The number of fused-ring (bicyclic) bond motifs is 1. The van der Waals surface area contributed by atoms with Crippen LogP contribution in [0.5, 0.6) is 0 Å². The fourth-order valence-corrected chi connectivity index (χ4v) is 2.91. The topological polar surface area (TPSA) is 42.2 Å². The summed E-state index contributed by atoms with van der Waals surface area (Å²) in [6.07, 6.45) is 2.89. The van der Waals surface area contributed by atoms with Crippen molar-refractivity contribution in [2.75, 3.05) is 6.54 Å². The van der Waals surface area contributed by atoms with E-state index in [0.717, 1.165) is 31.0 Å². The van der Waals surface area contributed by atoms with Gasteiger partial charge in [-0.3, -0.25) is 4.40 Å². The van der Waals surface area contributed by atoms with Crippen molar-refractivity contribution in [1.29, 1.82) is 0 Å². The van der Waals surface area contributed by atoms with Crippen molar-refractivity contribution in [3.63, 3.8) is 0 Å². The van der Waals surface area contributed by atoms with Crippen molar-refractivity contribution < 1.29 is 0 Å². The summed E-state index contributed by atoms with van der Waals surface area (Å²) in [5, 5.41) is 11.8. The molecule has 3 rings (SSSR count). The fourth-order valence-electron chi connectivity index (χ4n) is 2.05. The van der Waals surface area contributed by atoms with E-state index >= 15 is 0 Å². The van der Waals surface area contributed by atoms with Crippen LogP contribution >= 0.6 is 11.3 Å². The van der Waals surface area contributed by atoms with Gasteiger partial charge in [-0.2, -0.15) is 0 Å². The van der Waals surface area contributed by atoms with Gasteiger partial charge in [0, 0.05) is 35.5 Å². The molecule has 0 saturated carbocycles. The number of nitrogens with one attached hydrogen (secondary N) is 1. The molecule has 4 nitrogen and oxygen atoms in total. The average Bonchev–Trinajstić information content (AvgIpc) is 3.02. The van der Waals surface area contributed by atoms with Crippen LogP contribution < -0.4 is 5.32 Å². The predicted molar refractivity (Wildman–Crippen MR) is 77.5 cm³/mol. The Morgan fingerprint density at radius 3 is 3.00 bits per heavy atom. The third-order valence-electron chi connectivity index (χ3n) is 3.00. The SMILES string of the molecule is Cc1ccc(CNCCc2nnc3ccccn23)s1. The third-order valence-corrected chi connectivity index (χ3v) is 4.01. The van der Waals surface area contributed by atoms with E-state index < -0.39 is 0 Å². The van der Waals surface area contributed by atoms with Crippen LogP contribution in [0.4, 0.5) is 0 Å². The van der Waals surface area contributed by atoms with Crippen LogP contribution in [-0.2, 0) is 13.0 Å². The van der Waals surface area contributed by atoms with Crippen LogP contribution in [0.2, 0.25) is 0 Å². The Bertz CT molecular complexity index is 671. The number of pyridine rings is 1. The minimum absolute atomic E-state index is 0.884. The largest absolute Gasteiger partial charge is 0.311 e. The van der Waals surface area contributed by atoms with Gasteiger partial charge < -0.3 is 5.32 Å². The molecule has 0 unspecified atom stereocenters. The van der Waals surface area contributed by atoms with Crippen molar-refractivity contribution in [2.24, 2.45) is 0 Å². The number of aromatic nitrogens is 3. The normalized spacial score (nSPS) is 11.2. The molecule has 0 aromatic carbocycles. The molecule has 0 bridgehead atoms. The van der Waals surface area contributed by atoms with Crippen LogP contribution in [0.15, 0.2) is 36.5 Å². The first-order valence-electron chi connectivity index (χ1n) is 6.37. The Labute approximate surface area is 116 Å². The number of nitrogens with zero attached hydrogens (tertiary/aromatic N) is 3. The van der Waals surface area contributed by atoms with Crippen molar-refractivity contribution in [3.8, 4) is 0 Å². The maximum Gasteiger partial charge on any atom is 0.160 e. The summed E-state index contributed by atoms with van der Waals surface area (Å²) in [6, 6.07) is 10.3. The zero-order valence-electron chi connectivity index (χ0n) is 10.8. The monoisotopic (exact) mass is 272 g/mol. The van der Waals surface area contributed by atoms with Gasteiger partial charge in [0.05, 0.1) is 0 Å². The summed E-state index contributed by atoms with van der Waals surface area (Å²) in [7, 11) is 0. The van der Waals surface area contributed by atoms with Gasteiger partial charge >= 0.3 is 0 Å². The highest BCUT2D eigenvalue weighted by Gasteiger charge is 2.03. The molecule has 0 atom stereocenters. The molecular formula is C14H16N4S. The van der Waals surface area contributed by atoms with Crippen molar-refractivity contribution in [2.45, 2.75) is 19.9 Å². The fraction of sp³-hybridized carbons (Fsp3) is 0.286. The summed E-state index contributed by atoms with van der Waals surface area (Å²) in [4.78, 5) is 2.74. The minimum Gasteiger partial charge on any atom is -0.311 e. The molecule has 1 N–H and O–H groups in total. The van der Waals surface area contributed by atoms with E-state index in [4.69, 9.17) is 0 Å². The van der Waals surface area contributed by atoms with E-state index in [0.29, 0.717) is 0 Å². The van der Waals surface area contributed by atoms with E-state index in [9.17, 15) is 0 Å². The van der Waals surface area contributed by atoms with Crippen LogP contribution in [0, 0.1) is 6.92 Å². The predicted octanol–water partition coefficient (Wildman–Crippen LogP) is 2.43. The van der Waals surface area contributed by atoms with E-state index in [-0.39, 0.29) is 0 Å². The number of thiophene rings is 1. The van der Waals surface area contributed by atoms with E-state index in [1.165, 1.54) is 9.75 Å². The summed E-state index contributed by atoms with van der Waals surface area (Å²) < 4.78 is 2.04. The Balaban J connectivity index is 1.55.